The Balaban J connectivity index is 3.61. The van der Waals surface area contributed by atoms with Gasteiger partial charge in [-0.15, -0.1) is 0 Å². The van der Waals surface area contributed by atoms with Crippen LogP contribution in [0.5, 0.6) is 0 Å². The summed E-state index contributed by atoms with van der Waals surface area (Å²) in [4.78, 5) is 0. The Hall–Kier alpha value is -0.0231. The van der Waals surface area contributed by atoms with E-state index in [1.165, 1.54) is 0 Å². The van der Waals surface area contributed by atoms with Gasteiger partial charge in [0.25, 0.3) is 0 Å². The zero-order valence-electron chi connectivity index (χ0n) is 12.2. The summed E-state index contributed by atoms with van der Waals surface area (Å²) in [5.41, 5.74) is 0. The number of rotatable bonds is 12. The second-order valence-electron chi connectivity index (χ2n) is 3.84. The van der Waals surface area contributed by atoms with E-state index in [2.05, 4.69) is 5.32 Å². The van der Waals surface area contributed by atoms with Gasteiger partial charge in [-0.25, -0.2) is 0 Å². The Labute approximate surface area is 111 Å². The van der Waals surface area contributed by atoms with Crippen LogP contribution in [0.25, 0.3) is 0 Å². The first kappa shape index (κ1) is 18.0. The fourth-order valence-electron chi connectivity index (χ4n) is 1.66. The molecule has 0 radical (unpaired) electrons. The van der Waals surface area contributed by atoms with Gasteiger partial charge in [0.05, 0.1) is 0 Å². The first-order chi connectivity index (χ1) is 8.67. The standard InChI is InChI=1S/C11H27NO5Si/c1-13-11(14-2)7-9-12-8-6-10-18(15-3,16-4)17-5/h11-12H,6-10H2,1-5H3. The first-order valence-electron chi connectivity index (χ1n) is 6.09. The van der Waals surface area contributed by atoms with Gasteiger partial charge in [0.15, 0.2) is 6.29 Å². The Morgan fingerprint density at radius 3 is 1.89 bits per heavy atom. The summed E-state index contributed by atoms with van der Waals surface area (Å²) in [5.74, 6) is 0. The Morgan fingerprint density at radius 1 is 0.889 bits per heavy atom. The van der Waals surface area contributed by atoms with E-state index in [-0.39, 0.29) is 6.29 Å². The van der Waals surface area contributed by atoms with Gasteiger partial charge < -0.3 is 28.1 Å². The molecule has 0 aromatic heterocycles. The van der Waals surface area contributed by atoms with Crippen LogP contribution in [0.2, 0.25) is 6.04 Å². The fraction of sp³-hybridized carbons (Fsp3) is 1.00. The number of hydrogen-bond acceptors (Lipinski definition) is 6. The Bertz CT molecular complexity index is 180. The third kappa shape index (κ3) is 6.79. The van der Waals surface area contributed by atoms with E-state index < -0.39 is 8.80 Å². The van der Waals surface area contributed by atoms with Crippen molar-refractivity contribution in [2.45, 2.75) is 25.2 Å². The summed E-state index contributed by atoms with van der Waals surface area (Å²) in [5, 5.41) is 3.32. The molecule has 0 aliphatic rings. The highest BCUT2D eigenvalue weighted by Gasteiger charge is 2.36. The van der Waals surface area contributed by atoms with E-state index in [0.29, 0.717) is 0 Å². The maximum atomic E-state index is 5.34. The molecule has 0 amide bonds. The van der Waals surface area contributed by atoms with Crippen LogP contribution in [0.15, 0.2) is 0 Å². The molecule has 1 N–H and O–H groups in total. The van der Waals surface area contributed by atoms with Crippen molar-refractivity contribution < 1.29 is 22.8 Å². The van der Waals surface area contributed by atoms with Crippen LogP contribution < -0.4 is 5.32 Å². The van der Waals surface area contributed by atoms with E-state index in [9.17, 15) is 0 Å². The van der Waals surface area contributed by atoms with Crippen LogP contribution in [0, 0.1) is 0 Å². The molecule has 0 aromatic carbocycles. The zero-order chi connectivity index (χ0) is 13.9. The normalized spacial score (nSPS) is 12.3. The van der Waals surface area contributed by atoms with Crippen molar-refractivity contribution in [3.8, 4) is 0 Å². The molecule has 0 unspecified atom stereocenters. The van der Waals surface area contributed by atoms with E-state index in [4.69, 9.17) is 22.8 Å². The van der Waals surface area contributed by atoms with Gasteiger partial charge in [0.2, 0.25) is 0 Å². The molecule has 6 nitrogen and oxygen atoms in total. The quantitative estimate of drug-likeness (QED) is 0.325. The van der Waals surface area contributed by atoms with E-state index in [1.807, 2.05) is 0 Å². The molecule has 110 valence electrons. The molecule has 18 heavy (non-hydrogen) atoms. The highest BCUT2D eigenvalue weighted by molar-refractivity contribution is 6.60. The van der Waals surface area contributed by atoms with Gasteiger partial charge in [-0.1, -0.05) is 0 Å². The summed E-state index contributed by atoms with van der Waals surface area (Å²) in [6.07, 6.45) is 1.64. The number of methoxy groups -OCH3 is 2. The van der Waals surface area contributed by atoms with Crippen molar-refractivity contribution in [3.05, 3.63) is 0 Å². The summed E-state index contributed by atoms with van der Waals surface area (Å²) in [7, 11) is 5.78. The van der Waals surface area contributed by atoms with Gasteiger partial charge in [0.1, 0.15) is 0 Å². The lowest BCUT2D eigenvalue weighted by molar-refractivity contribution is -0.105. The van der Waals surface area contributed by atoms with Gasteiger partial charge in [0, 0.05) is 48.0 Å². The van der Waals surface area contributed by atoms with Crippen molar-refractivity contribution in [1.29, 1.82) is 0 Å². The minimum Gasteiger partial charge on any atom is -0.377 e. The SMILES string of the molecule is COC(CCNCCC[Si](OC)(OC)OC)OC. The van der Waals surface area contributed by atoms with E-state index in [0.717, 1.165) is 32.0 Å². The summed E-state index contributed by atoms with van der Waals surface area (Å²) in [6.45, 7) is 1.75. The average Bonchev–Trinajstić information content (AvgIpc) is 2.43. The van der Waals surface area contributed by atoms with E-state index in [1.54, 1.807) is 35.5 Å². The van der Waals surface area contributed by atoms with Gasteiger partial charge in [-0.05, 0) is 19.5 Å². The average molecular weight is 281 g/mol. The third-order valence-corrected chi connectivity index (χ3v) is 5.68. The van der Waals surface area contributed by atoms with Crippen LogP contribution in [0.4, 0.5) is 0 Å². The van der Waals surface area contributed by atoms with Gasteiger partial charge >= 0.3 is 8.80 Å². The lowest BCUT2D eigenvalue weighted by atomic mass is 10.4. The fourth-order valence-corrected chi connectivity index (χ4v) is 3.39. The second-order valence-corrected chi connectivity index (χ2v) is 6.93. The maximum Gasteiger partial charge on any atom is 0.500 e. The molecular weight excluding hydrogens is 254 g/mol. The zero-order valence-corrected chi connectivity index (χ0v) is 13.2. The van der Waals surface area contributed by atoms with Crippen LogP contribution in [0.3, 0.4) is 0 Å². The second kappa shape index (κ2) is 10.9. The molecule has 0 spiro atoms. The number of nitrogens with one attached hydrogen (secondary N) is 1. The molecule has 0 rings (SSSR count). The first-order valence-corrected chi connectivity index (χ1v) is 8.03. The number of hydrogen-bond donors (Lipinski definition) is 1. The topological polar surface area (TPSA) is 58.2 Å². The highest BCUT2D eigenvalue weighted by atomic mass is 28.4. The molecule has 0 saturated heterocycles. The molecule has 0 atom stereocenters. The van der Waals surface area contributed by atoms with Gasteiger partial charge in [-0.2, -0.15) is 0 Å². The molecule has 0 aromatic rings. The Kier molecular flexibility index (Phi) is 10.8. The maximum absolute atomic E-state index is 5.34. The van der Waals surface area contributed by atoms with Crippen LogP contribution in [-0.4, -0.2) is 63.7 Å². The predicted octanol–water partition coefficient (Wildman–Crippen LogP) is 0.853. The molecule has 0 saturated carbocycles. The highest BCUT2D eigenvalue weighted by Crippen LogP contribution is 2.14. The molecule has 0 fully saturated rings. The van der Waals surface area contributed by atoms with Crippen LogP contribution >= 0.6 is 0 Å². The van der Waals surface area contributed by atoms with Crippen molar-refractivity contribution in [1.82, 2.24) is 5.32 Å². The summed E-state index contributed by atoms with van der Waals surface area (Å²) >= 11 is 0. The van der Waals surface area contributed by atoms with Crippen LogP contribution in [-0.2, 0) is 22.8 Å². The molecule has 0 heterocycles. The minimum atomic E-state index is -2.40. The van der Waals surface area contributed by atoms with Crippen molar-refractivity contribution in [2.75, 3.05) is 48.6 Å². The lowest BCUT2D eigenvalue weighted by Crippen LogP contribution is -2.43. The molecule has 0 aliphatic heterocycles. The largest absolute Gasteiger partial charge is 0.500 e. The predicted molar refractivity (Wildman–Crippen MR) is 71.5 cm³/mol. The summed E-state index contributed by atoms with van der Waals surface area (Å²) < 4.78 is 26.2. The number of ether oxygens (including phenoxy) is 2. The van der Waals surface area contributed by atoms with E-state index >= 15 is 0 Å². The molecular formula is C11H27NO5Si. The van der Waals surface area contributed by atoms with Crippen molar-refractivity contribution >= 4 is 8.80 Å². The third-order valence-electron chi connectivity index (χ3n) is 2.85. The molecule has 7 heteroatoms. The minimum absolute atomic E-state index is 0.136. The Morgan fingerprint density at radius 2 is 1.44 bits per heavy atom. The lowest BCUT2D eigenvalue weighted by Gasteiger charge is -2.24. The molecule has 0 bridgehead atoms. The van der Waals surface area contributed by atoms with Crippen molar-refractivity contribution in [2.24, 2.45) is 0 Å². The monoisotopic (exact) mass is 281 g/mol. The van der Waals surface area contributed by atoms with Crippen molar-refractivity contribution in [3.63, 3.8) is 0 Å². The summed E-state index contributed by atoms with van der Waals surface area (Å²) in [6, 6.07) is 0.807. The van der Waals surface area contributed by atoms with Gasteiger partial charge in [-0.3, -0.25) is 0 Å². The van der Waals surface area contributed by atoms with Crippen LogP contribution in [0.1, 0.15) is 12.8 Å². The smallest absolute Gasteiger partial charge is 0.377 e. The molecule has 0 aliphatic carbocycles.